The molecule has 2 aromatic carbocycles. The Morgan fingerprint density at radius 2 is 1.91 bits per heavy atom. The molecule has 1 atom stereocenters. The summed E-state index contributed by atoms with van der Waals surface area (Å²) in [6.07, 6.45) is 0.628. The minimum absolute atomic E-state index is 0.0102. The van der Waals surface area contributed by atoms with Crippen LogP contribution in [-0.4, -0.2) is 67.5 Å². The standard InChI is InChI=1S/C27H33FN2O5/c1-17(2)16-35-20-9-6-8-18(14-20)24-23(25(31)21-15-19(28)10-11-22(21)34-5)26(32)27(33)30(24)13-7-12-29(3)4/h6,8-11,14-15,17,24,31H,7,12-13,16H2,1-5H3/b25-23+. The molecule has 0 spiro atoms. The number of rotatable bonds is 10. The fourth-order valence-electron chi connectivity index (χ4n) is 4.06. The highest BCUT2D eigenvalue weighted by Crippen LogP contribution is 2.41. The van der Waals surface area contributed by atoms with Crippen molar-refractivity contribution in [3.05, 3.63) is 65.0 Å². The monoisotopic (exact) mass is 484 g/mol. The summed E-state index contributed by atoms with van der Waals surface area (Å²) in [5, 5.41) is 11.2. The Labute approximate surface area is 205 Å². The summed E-state index contributed by atoms with van der Waals surface area (Å²) < 4.78 is 25.2. The van der Waals surface area contributed by atoms with Crippen LogP contribution in [0.5, 0.6) is 11.5 Å². The second kappa shape index (κ2) is 11.4. The molecule has 7 nitrogen and oxygen atoms in total. The molecule has 1 amide bonds. The van der Waals surface area contributed by atoms with E-state index in [2.05, 4.69) is 0 Å². The first-order chi connectivity index (χ1) is 16.6. The number of amides is 1. The van der Waals surface area contributed by atoms with Crippen LogP contribution in [0, 0.1) is 11.7 Å². The van der Waals surface area contributed by atoms with Crippen molar-refractivity contribution in [2.75, 3.05) is 40.9 Å². The van der Waals surface area contributed by atoms with Crippen LogP contribution >= 0.6 is 0 Å². The first-order valence-electron chi connectivity index (χ1n) is 11.6. The first kappa shape index (κ1) is 26.2. The number of hydrogen-bond acceptors (Lipinski definition) is 6. The predicted octanol–water partition coefficient (Wildman–Crippen LogP) is 4.24. The average Bonchev–Trinajstić information content (AvgIpc) is 3.07. The Kier molecular flexibility index (Phi) is 8.51. The molecule has 35 heavy (non-hydrogen) atoms. The van der Waals surface area contributed by atoms with Crippen molar-refractivity contribution < 1.29 is 28.6 Å². The lowest BCUT2D eigenvalue weighted by molar-refractivity contribution is -0.139. The maximum Gasteiger partial charge on any atom is 0.295 e. The third kappa shape index (κ3) is 6.00. The summed E-state index contributed by atoms with van der Waals surface area (Å²) in [5.41, 5.74) is 0.521. The topological polar surface area (TPSA) is 79.3 Å². The van der Waals surface area contributed by atoms with Crippen molar-refractivity contribution in [2.24, 2.45) is 5.92 Å². The first-order valence-corrected chi connectivity index (χ1v) is 11.6. The number of benzene rings is 2. The highest BCUT2D eigenvalue weighted by Gasteiger charge is 2.46. The van der Waals surface area contributed by atoms with Gasteiger partial charge < -0.3 is 24.4 Å². The van der Waals surface area contributed by atoms with Crippen molar-refractivity contribution >= 4 is 17.4 Å². The van der Waals surface area contributed by atoms with E-state index in [0.717, 1.165) is 6.07 Å². The number of ketones is 1. The molecular weight excluding hydrogens is 451 g/mol. The second-order valence-electron chi connectivity index (χ2n) is 9.27. The minimum atomic E-state index is -0.854. The van der Waals surface area contributed by atoms with E-state index in [1.807, 2.05) is 32.8 Å². The fraction of sp³-hybridized carbons (Fsp3) is 0.407. The summed E-state index contributed by atoms with van der Waals surface area (Å²) in [7, 11) is 5.24. The van der Waals surface area contributed by atoms with Crippen LogP contribution in [0.2, 0.25) is 0 Å². The van der Waals surface area contributed by atoms with Gasteiger partial charge in [0.2, 0.25) is 0 Å². The van der Waals surface area contributed by atoms with Gasteiger partial charge in [0.05, 0.1) is 30.9 Å². The van der Waals surface area contributed by atoms with Crippen LogP contribution < -0.4 is 9.47 Å². The molecular formula is C27H33FN2O5. The Hall–Kier alpha value is -3.39. The molecule has 1 fully saturated rings. The lowest BCUT2D eigenvalue weighted by atomic mass is 9.94. The van der Waals surface area contributed by atoms with Gasteiger partial charge in [0.1, 0.15) is 23.1 Å². The smallest absolute Gasteiger partial charge is 0.295 e. The SMILES string of the molecule is COc1ccc(F)cc1/C(O)=C1\C(=O)C(=O)N(CCCN(C)C)C1c1cccc(OCC(C)C)c1. The van der Waals surface area contributed by atoms with E-state index < -0.39 is 29.3 Å². The van der Waals surface area contributed by atoms with E-state index in [4.69, 9.17) is 9.47 Å². The number of nitrogens with zero attached hydrogens (tertiary/aromatic N) is 2. The van der Waals surface area contributed by atoms with Crippen LogP contribution in [0.1, 0.15) is 37.4 Å². The highest BCUT2D eigenvalue weighted by molar-refractivity contribution is 6.46. The molecule has 1 aliphatic heterocycles. The van der Waals surface area contributed by atoms with Crippen LogP contribution in [0.4, 0.5) is 4.39 Å². The van der Waals surface area contributed by atoms with Gasteiger partial charge in [-0.05, 0) is 68.9 Å². The van der Waals surface area contributed by atoms with Crippen LogP contribution in [-0.2, 0) is 9.59 Å². The summed E-state index contributed by atoms with van der Waals surface area (Å²) in [6, 6.07) is 9.95. The van der Waals surface area contributed by atoms with Gasteiger partial charge in [-0.25, -0.2) is 4.39 Å². The number of halogens is 1. The van der Waals surface area contributed by atoms with E-state index >= 15 is 0 Å². The molecule has 188 valence electrons. The third-order valence-corrected chi connectivity index (χ3v) is 5.72. The van der Waals surface area contributed by atoms with E-state index in [1.165, 1.54) is 24.1 Å². The third-order valence-electron chi connectivity index (χ3n) is 5.72. The molecule has 2 aromatic rings. The molecule has 1 N–H and O–H groups in total. The maximum atomic E-state index is 14.1. The molecule has 0 saturated carbocycles. The number of hydrogen-bond donors (Lipinski definition) is 1. The zero-order valence-corrected chi connectivity index (χ0v) is 20.9. The maximum absolute atomic E-state index is 14.1. The van der Waals surface area contributed by atoms with Gasteiger partial charge >= 0.3 is 0 Å². The quantitative estimate of drug-likeness (QED) is 0.309. The number of aliphatic hydroxyl groups excluding tert-OH is 1. The number of aliphatic hydroxyl groups is 1. The van der Waals surface area contributed by atoms with Crippen molar-refractivity contribution in [3.63, 3.8) is 0 Å². The number of ether oxygens (including phenoxy) is 2. The Morgan fingerprint density at radius 1 is 1.17 bits per heavy atom. The summed E-state index contributed by atoms with van der Waals surface area (Å²) in [6.45, 7) is 5.60. The zero-order valence-electron chi connectivity index (χ0n) is 20.9. The van der Waals surface area contributed by atoms with Gasteiger partial charge in [0, 0.05) is 6.54 Å². The summed E-state index contributed by atoms with van der Waals surface area (Å²) in [4.78, 5) is 29.8. The number of carbonyl (C=O) groups is 2. The molecule has 8 heteroatoms. The van der Waals surface area contributed by atoms with Crippen molar-refractivity contribution in [1.29, 1.82) is 0 Å². The van der Waals surface area contributed by atoms with E-state index in [9.17, 15) is 19.1 Å². The predicted molar refractivity (Wildman–Crippen MR) is 132 cm³/mol. The fourth-order valence-corrected chi connectivity index (χ4v) is 4.06. The van der Waals surface area contributed by atoms with Gasteiger partial charge in [0.25, 0.3) is 11.7 Å². The number of Topliss-reactive ketones (excluding diaryl/α,β-unsaturated/α-hetero) is 1. The minimum Gasteiger partial charge on any atom is -0.507 e. The van der Waals surface area contributed by atoms with Crippen LogP contribution in [0.15, 0.2) is 48.0 Å². The Balaban J connectivity index is 2.14. The molecule has 1 unspecified atom stereocenters. The molecule has 0 radical (unpaired) electrons. The molecule has 0 aromatic heterocycles. The molecule has 0 aliphatic carbocycles. The van der Waals surface area contributed by atoms with E-state index in [-0.39, 0.29) is 16.9 Å². The molecule has 1 heterocycles. The molecule has 3 rings (SSSR count). The van der Waals surface area contributed by atoms with Gasteiger partial charge in [-0.15, -0.1) is 0 Å². The molecule has 0 bridgehead atoms. The molecule has 1 aliphatic rings. The van der Waals surface area contributed by atoms with Crippen molar-refractivity contribution in [1.82, 2.24) is 9.80 Å². The van der Waals surface area contributed by atoms with Gasteiger partial charge in [-0.1, -0.05) is 26.0 Å². The van der Waals surface area contributed by atoms with E-state index in [0.29, 0.717) is 43.3 Å². The number of carbonyl (C=O) groups excluding carboxylic acids is 2. The number of likely N-dealkylation sites (tertiary alicyclic amines) is 1. The van der Waals surface area contributed by atoms with Gasteiger partial charge in [-0.2, -0.15) is 0 Å². The summed E-state index contributed by atoms with van der Waals surface area (Å²) >= 11 is 0. The lowest BCUT2D eigenvalue weighted by Gasteiger charge is -2.26. The van der Waals surface area contributed by atoms with E-state index in [1.54, 1.807) is 24.3 Å². The second-order valence-corrected chi connectivity index (χ2v) is 9.27. The zero-order chi connectivity index (χ0) is 25.7. The number of methoxy groups -OCH3 is 1. The van der Waals surface area contributed by atoms with Crippen molar-refractivity contribution in [3.8, 4) is 11.5 Å². The average molecular weight is 485 g/mol. The van der Waals surface area contributed by atoms with Gasteiger partial charge in [0.15, 0.2) is 0 Å². The Morgan fingerprint density at radius 3 is 2.57 bits per heavy atom. The van der Waals surface area contributed by atoms with Crippen LogP contribution in [0.25, 0.3) is 5.76 Å². The Bertz CT molecular complexity index is 1110. The summed E-state index contributed by atoms with van der Waals surface area (Å²) in [5.74, 6) is -1.51. The largest absolute Gasteiger partial charge is 0.507 e. The molecule has 1 saturated heterocycles. The lowest BCUT2D eigenvalue weighted by Crippen LogP contribution is -2.32. The van der Waals surface area contributed by atoms with Gasteiger partial charge in [-0.3, -0.25) is 9.59 Å². The van der Waals surface area contributed by atoms with Crippen LogP contribution in [0.3, 0.4) is 0 Å². The highest BCUT2D eigenvalue weighted by atomic mass is 19.1. The van der Waals surface area contributed by atoms with Crippen molar-refractivity contribution in [2.45, 2.75) is 26.3 Å². The normalized spacial score (nSPS) is 17.5.